The van der Waals surface area contributed by atoms with Crippen LogP contribution in [0.3, 0.4) is 0 Å². The molecule has 1 atom stereocenters. The minimum absolute atomic E-state index is 0. The predicted octanol–water partition coefficient (Wildman–Crippen LogP) is 2.64. The zero-order chi connectivity index (χ0) is 15.5. The molecule has 124 valence electrons. The second-order valence-electron chi connectivity index (χ2n) is 5.57. The number of nitrogens with one attached hydrogen (secondary N) is 2. The van der Waals surface area contributed by atoms with Crippen LogP contribution in [0, 0.1) is 11.8 Å². The molecule has 1 unspecified atom stereocenters. The molecule has 3 nitrogen and oxygen atoms in total. The van der Waals surface area contributed by atoms with Crippen LogP contribution < -0.4 is 10.6 Å². The number of hydrogen-bond donors (Lipinski definition) is 2. The number of benzene rings is 1. The topological polar surface area (TPSA) is 41.1 Å². The molecule has 0 aromatic heterocycles. The van der Waals surface area contributed by atoms with Crippen molar-refractivity contribution in [3.8, 4) is 0 Å². The number of carbonyl (C=O) groups excluding carboxylic acids is 1. The highest BCUT2D eigenvalue weighted by atomic mass is 35.5. The van der Waals surface area contributed by atoms with E-state index in [1.54, 1.807) is 6.92 Å². The highest BCUT2D eigenvalue weighted by Gasteiger charge is 2.30. The lowest BCUT2D eigenvalue weighted by atomic mass is 9.98. The number of carbonyl (C=O) groups is 1. The smallest absolute Gasteiger partial charge is 0.355 e. The van der Waals surface area contributed by atoms with Crippen molar-refractivity contribution in [1.82, 2.24) is 10.6 Å². The molecule has 1 fully saturated rings. The van der Waals surface area contributed by atoms with Gasteiger partial charge in [0.05, 0.1) is 5.56 Å². The Morgan fingerprint density at radius 3 is 2.36 bits per heavy atom. The predicted molar refractivity (Wildman–Crippen MR) is 80.9 cm³/mol. The SMILES string of the molecule is CC(Cc1ccc(C(F)(F)F)cc1)C(=O)NCC1CNC1.Cl. The Bertz CT molecular complexity index is 487. The van der Waals surface area contributed by atoms with Gasteiger partial charge < -0.3 is 10.6 Å². The van der Waals surface area contributed by atoms with Gasteiger partial charge in [0, 0.05) is 31.5 Å². The van der Waals surface area contributed by atoms with E-state index in [1.807, 2.05) is 0 Å². The quantitative estimate of drug-likeness (QED) is 0.868. The first-order valence-corrected chi connectivity index (χ1v) is 7.01. The van der Waals surface area contributed by atoms with Crippen molar-refractivity contribution in [2.75, 3.05) is 19.6 Å². The van der Waals surface area contributed by atoms with Gasteiger partial charge in [-0.3, -0.25) is 4.79 Å². The van der Waals surface area contributed by atoms with Gasteiger partial charge in [0.1, 0.15) is 0 Å². The van der Waals surface area contributed by atoms with E-state index < -0.39 is 11.7 Å². The lowest BCUT2D eigenvalue weighted by Crippen LogP contribution is -2.48. The minimum atomic E-state index is -4.32. The maximum atomic E-state index is 12.5. The van der Waals surface area contributed by atoms with Crippen LogP contribution in [0.2, 0.25) is 0 Å². The summed E-state index contributed by atoms with van der Waals surface area (Å²) in [6.45, 7) is 4.29. The Morgan fingerprint density at radius 2 is 1.91 bits per heavy atom. The van der Waals surface area contributed by atoms with E-state index in [0.717, 1.165) is 30.8 Å². The van der Waals surface area contributed by atoms with Crippen LogP contribution in [0.5, 0.6) is 0 Å². The molecule has 1 heterocycles. The standard InChI is InChI=1S/C15H19F3N2O.ClH/c1-10(14(21)20-9-12-7-19-8-12)6-11-2-4-13(5-3-11)15(16,17)18;/h2-5,10,12,19H,6-9H2,1H3,(H,20,21);1H. The van der Waals surface area contributed by atoms with Crippen molar-refractivity contribution in [2.24, 2.45) is 11.8 Å². The summed E-state index contributed by atoms with van der Waals surface area (Å²) in [7, 11) is 0. The molecule has 22 heavy (non-hydrogen) atoms. The summed E-state index contributed by atoms with van der Waals surface area (Å²) < 4.78 is 37.4. The highest BCUT2D eigenvalue weighted by molar-refractivity contribution is 5.85. The molecule has 0 radical (unpaired) electrons. The van der Waals surface area contributed by atoms with Crippen molar-refractivity contribution in [3.63, 3.8) is 0 Å². The molecule has 0 bridgehead atoms. The second-order valence-corrected chi connectivity index (χ2v) is 5.57. The molecular formula is C15H20ClF3N2O. The van der Waals surface area contributed by atoms with Gasteiger partial charge in [-0.15, -0.1) is 12.4 Å². The lowest BCUT2D eigenvalue weighted by Gasteiger charge is -2.27. The Hall–Kier alpha value is -1.27. The Kier molecular flexibility index (Phi) is 6.68. The molecule has 0 spiro atoms. The summed E-state index contributed by atoms with van der Waals surface area (Å²) >= 11 is 0. The van der Waals surface area contributed by atoms with Gasteiger partial charge in [0.2, 0.25) is 5.91 Å². The van der Waals surface area contributed by atoms with Gasteiger partial charge >= 0.3 is 6.18 Å². The van der Waals surface area contributed by atoms with Gasteiger partial charge in [-0.05, 0) is 24.1 Å². The van der Waals surface area contributed by atoms with Crippen molar-refractivity contribution < 1.29 is 18.0 Å². The fourth-order valence-corrected chi connectivity index (χ4v) is 2.19. The molecule has 2 rings (SSSR count). The van der Waals surface area contributed by atoms with Crippen LogP contribution >= 0.6 is 12.4 Å². The third-order valence-electron chi connectivity index (χ3n) is 3.70. The molecule has 1 saturated heterocycles. The normalized spacial score (nSPS) is 16.4. The average molecular weight is 337 g/mol. The maximum absolute atomic E-state index is 12.5. The number of halogens is 4. The van der Waals surface area contributed by atoms with Crippen molar-refractivity contribution in [1.29, 1.82) is 0 Å². The summed E-state index contributed by atoms with van der Waals surface area (Å²) in [4.78, 5) is 11.9. The van der Waals surface area contributed by atoms with Gasteiger partial charge in [-0.1, -0.05) is 19.1 Å². The van der Waals surface area contributed by atoms with Crippen LogP contribution in [0.15, 0.2) is 24.3 Å². The molecule has 2 N–H and O–H groups in total. The maximum Gasteiger partial charge on any atom is 0.416 e. The minimum Gasteiger partial charge on any atom is -0.355 e. The third kappa shape index (κ3) is 5.18. The van der Waals surface area contributed by atoms with E-state index in [-0.39, 0.29) is 24.2 Å². The van der Waals surface area contributed by atoms with E-state index in [1.165, 1.54) is 12.1 Å². The van der Waals surface area contributed by atoms with Crippen LogP contribution in [-0.2, 0) is 17.4 Å². The van der Waals surface area contributed by atoms with E-state index in [2.05, 4.69) is 10.6 Å². The zero-order valence-corrected chi connectivity index (χ0v) is 13.1. The first kappa shape index (κ1) is 18.8. The van der Waals surface area contributed by atoms with Crippen LogP contribution in [0.4, 0.5) is 13.2 Å². The molecule has 7 heteroatoms. The lowest BCUT2D eigenvalue weighted by molar-refractivity contribution is -0.137. The van der Waals surface area contributed by atoms with E-state index in [9.17, 15) is 18.0 Å². The summed E-state index contributed by atoms with van der Waals surface area (Å²) in [6.07, 6.45) is -3.88. The molecule has 1 aromatic carbocycles. The molecule has 1 aromatic rings. The molecule has 1 amide bonds. The van der Waals surface area contributed by atoms with Crippen molar-refractivity contribution in [2.45, 2.75) is 19.5 Å². The fourth-order valence-electron chi connectivity index (χ4n) is 2.19. The molecule has 1 aliphatic heterocycles. The van der Waals surface area contributed by atoms with Gasteiger partial charge in [0.25, 0.3) is 0 Å². The second kappa shape index (κ2) is 7.83. The van der Waals surface area contributed by atoms with Gasteiger partial charge in [-0.2, -0.15) is 13.2 Å². The number of rotatable bonds is 5. The highest BCUT2D eigenvalue weighted by Crippen LogP contribution is 2.29. The zero-order valence-electron chi connectivity index (χ0n) is 12.2. The summed E-state index contributed by atoms with van der Waals surface area (Å²) in [6, 6.07) is 4.98. The average Bonchev–Trinajstić information content (AvgIpc) is 2.36. The Labute approximate surface area is 134 Å². The first-order chi connectivity index (χ1) is 9.86. The number of amides is 1. The van der Waals surface area contributed by atoms with Crippen LogP contribution in [0.25, 0.3) is 0 Å². The van der Waals surface area contributed by atoms with Gasteiger partial charge in [0.15, 0.2) is 0 Å². The third-order valence-corrected chi connectivity index (χ3v) is 3.70. The summed E-state index contributed by atoms with van der Waals surface area (Å²) in [5.41, 5.74) is 0.0665. The molecule has 1 aliphatic rings. The van der Waals surface area contributed by atoms with E-state index in [4.69, 9.17) is 0 Å². The van der Waals surface area contributed by atoms with E-state index in [0.29, 0.717) is 18.9 Å². The Morgan fingerprint density at radius 1 is 1.32 bits per heavy atom. The van der Waals surface area contributed by atoms with Gasteiger partial charge in [-0.25, -0.2) is 0 Å². The summed E-state index contributed by atoms with van der Waals surface area (Å²) in [5.74, 6) is 0.184. The van der Waals surface area contributed by atoms with Crippen molar-refractivity contribution in [3.05, 3.63) is 35.4 Å². The first-order valence-electron chi connectivity index (χ1n) is 7.01. The summed E-state index contributed by atoms with van der Waals surface area (Å²) in [5, 5.41) is 6.01. The van der Waals surface area contributed by atoms with E-state index >= 15 is 0 Å². The van der Waals surface area contributed by atoms with Crippen molar-refractivity contribution >= 4 is 18.3 Å². The molecular weight excluding hydrogens is 317 g/mol. The molecule has 0 saturated carbocycles. The van der Waals surface area contributed by atoms with Crippen LogP contribution in [0.1, 0.15) is 18.1 Å². The Balaban J connectivity index is 0.00000242. The molecule has 0 aliphatic carbocycles. The fraction of sp³-hybridized carbons (Fsp3) is 0.533. The monoisotopic (exact) mass is 336 g/mol. The number of hydrogen-bond acceptors (Lipinski definition) is 2. The number of alkyl halides is 3. The largest absolute Gasteiger partial charge is 0.416 e. The van der Waals surface area contributed by atoms with Crippen LogP contribution in [-0.4, -0.2) is 25.5 Å².